The summed E-state index contributed by atoms with van der Waals surface area (Å²) in [5, 5.41) is 9.47. The molecule has 1 fully saturated rings. The Kier molecular flexibility index (Phi) is 3.16. The number of rotatable bonds is 2. The van der Waals surface area contributed by atoms with Crippen LogP contribution in [0.3, 0.4) is 0 Å². The number of β-amino-alcohol motifs (C(OH)–C–C–N with tert-alkyl or cyclic N) is 1. The molecular formula is C9H11ClN2O3S. The molecule has 0 spiro atoms. The lowest BCUT2D eigenvalue weighted by Crippen LogP contribution is -2.30. The molecule has 5 nitrogen and oxygen atoms in total. The summed E-state index contributed by atoms with van der Waals surface area (Å²) in [6, 6.07) is 1.43. The molecule has 1 aromatic heterocycles. The fourth-order valence-electron chi connectivity index (χ4n) is 1.62. The second-order valence-electron chi connectivity index (χ2n) is 3.61. The van der Waals surface area contributed by atoms with E-state index in [0.29, 0.717) is 13.0 Å². The molecule has 16 heavy (non-hydrogen) atoms. The molecule has 1 aliphatic rings. The third kappa shape index (κ3) is 2.06. The molecule has 2 heterocycles. The normalized spacial score (nSPS) is 22.5. The Balaban J connectivity index is 2.36. The minimum Gasteiger partial charge on any atom is -0.392 e. The van der Waals surface area contributed by atoms with Crippen LogP contribution in [0.25, 0.3) is 0 Å². The Morgan fingerprint density at radius 3 is 2.88 bits per heavy atom. The van der Waals surface area contributed by atoms with Gasteiger partial charge in [0.05, 0.1) is 11.1 Å². The van der Waals surface area contributed by atoms with Crippen molar-refractivity contribution >= 4 is 21.6 Å². The average Bonchev–Trinajstić information content (AvgIpc) is 2.66. The van der Waals surface area contributed by atoms with Gasteiger partial charge in [-0.1, -0.05) is 11.6 Å². The van der Waals surface area contributed by atoms with E-state index in [4.69, 9.17) is 11.6 Å². The van der Waals surface area contributed by atoms with Crippen molar-refractivity contribution < 1.29 is 13.5 Å². The Morgan fingerprint density at radius 2 is 2.31 bits per heavy atom. The van der Waals surface area contributed by atoms with Crippen molar-refractivity contribution in [2.45, 2.75) is 17.4 Å². The summed E-state index contributed by atoms with van der Waals surface area (Å²) >= 11 is 5.82. The van der Waals surface area contributed by atoms with Gasteiger partial charge in [0.1, 0.15) is 4.90 Å². The largest absolute Gasteiger partial charge is 0.392 e. The SMILES string of the molecule is O=S(=O)(c1cnccc1Cl)N1CC[C@H](O)C1. The number of hydrogen-bond donors (Lipinski definition) is 1. The molecule has 1 aliphatic heterocycles. The Bertz CT molecular complexity index is 491. The number of aliphatic hydroxyl groups is 1. The van der Waals surface area contributed by atoms with Gasteiger partial charge < -0.3 is 5.11 Å². The third-order valence-corrected chi connectivity index (χ3v) is 4.81. The number of aliphatic hydroxyl groups excluding tert-OH is 1. The Morgan fingerprint density at radius 1 is 1.56 bits per heavy atom. The fourth-order valence-corrected chi connectivity index (χ4v) is 3.52. The summed E-state index contributed by atoms with van der Waals surface area (Å²) in [4.78, 5) is 3.74. The minimum atomic E-state index is -3.62. The third-order valence-electron chi connectivity index (χ3n) is 2.48. The molecule has 0 saturated carbocycles. The molecule has 1 atom stereocenters. The van der Waals surface area contributed by atoms with Gasteiger partial charge in [0.2, 0.25) is 10.0 Å². The highest BCUT2D eigenvalue weighted by Crippen LogP contribution is 2.25. The van der Waals surface area contributed by atoms with E-state index in [9.17, 15) is 13.5 Å². The summed E-state index contributed by atoms with van der Waals surface area (Å²) in [7, 11) is -3.62. The van der Waals surface area contributed by atoms with Gasteiger partial charge in [0, 0.05) is 25.5 Å². The zero-order chi connectivity index (χ0) is 11.8. The van der Waals surface area contributed by atoms with E-state index in [2.05, 4.69) is 4.98 Å². The van der Waals surface area contributed by atoms with Gasteiger partial charge in [0.25, 0.3) is 0 Å². The van der Waals surface area contributed by atoms with Crippen molar-refractivity contribution in [3.05, 3.63) is 23.5 Å². The van der Waals surface area contributed by atoms with Gasteiger partial charge >= 0.3 is 0 Å². The first kappa shape index (κ1) is 11.8. The zero-order valence-electron chi connectivity index (χ0n) is 8.38. The second-order valence-corrected chi connectivity index (χ2v) is 5.93. The molecule has 0 bridgehead atoms. The number of pyridine rings is 1. The minimum absolute atomic E-state index is 0.00855. The molecule has 0 amide bonds. The molecule has 1 N–H and O–H groups in total. The fraction of sp³-hybridized carbons (Fsp3) is 0.444. The summed E-state index contributed by atoms with van der Waals surface area (Å²) in [6.07, 6.45) is 2.52. The summed E-state index contributed by atoms with van der Waals surface area (Å²) in [5.41, 5.74) is 0. The molecule has 88 valence electrons. The van der Waals surface area contributed by atoms with Crippen molar-refractivity contribution in [2.75, 3.05) is 13.1 Å². The van der Waals surface area contributed by atoms with Gasteiger partial charge in [-0.15, -0.1) is 0 Å². The highest BCUT2D eigenvalue weighted by Gasteiger charge is 2.32. The molecule has 0 aromatic carbocycles. The number of halogens is 1. The van der Waals surface area contributed by atoms with Crippen LogP contribution in [0.2, 0.25) is 5.02 Å². The zero-order valence-corrected chi connectivity index (χ0v) is 9.95. The van der Waals surface area contributed by atoms with Gasteiger partial charge in [-0.3, -0.25) is 4.98 Å². The predicted octanol–water partition coefficient (Wildman–Crippen LogP) is 0.490. The molecule has 0 radical (unpaired) electrons. The summed E-state index contributed by atoms with van der Waals surface area (Å²) in [5.74, 6) is 0. The maximum Gasteiger partial charge on any atom is 0.246 e. The molecular weight excluding hydrogens is 252 g/mol. The van der Waals surface area contributed by atoms with E-state index in [1.807, 2.05) is 0 Å². The van der Waals surface area contributed by atoms with E-state index in [1.54, 1.807) is 0 Å². The topological polar surface area (TPSA) is 70.5 Å². The molecule has 0 aliphatic carbocycles. The van der Waals surface area contributed by atoms with E-state index in [0.717, 1.165) is 0 Å². The van der Waals surface area contributed by atoms with Gasteiger partial charge in [-0.05, 0) is 12.5 Å². The Labute approximate surface area is 98.7 Å². The van der Waals surface area contributed by atoms with E-state index in [1.165, 1.54) is 22.8 Å². The standard InChI is InChI=1S/C9H11ClN2O3S/c10-8-1-3-11-5-9(8)16(14,15)12-4-2-7(13)6-12/h1,3,5,7,13H,2,4,6H2/t7-/m0/s1. The van der Waals surface area contributed by atoms with Crippen molar-refractivity contribution in [3.63, 3.8) is 0 Å². The van der Waals surface area contributed by atoms with Crippen LogP contribution in [0.15, 0.2) is 23.4 Å². The van der Waals surface area contributed by atoms with Crippen LogP contribution in [0.4, 0.5) is 0 Å². The maximum atomic E-state index is 12.1. The first-order valence-corrected chi connectivity index (χ1v) is 6.61. The highest BCUT2D eigenvalue weighted by molar-refractivity contribution is 7.89. The average molecular weight is 263 g/mol. The van der Waals surface area contributed by atoms with Crippen LogP contribution < -0.4 is 0 Å². The molecule has 7 heteroatoms. The van der Waals surface area contributed by atoms with Crippen LogP contribution in [0.1, 0.15) is 6.42 Å². The molecule has 1 saturated heterocycles. The highest BCUT2D eigenvalue weighted by atomic mass is 35.5. The van der Waals surface area contributed by atoms with E-state index >= 15 is 0 Å². The van der Waals surface area contributed by atoms with E-state index in [-0.39, 0.29) is 16.5 Å². The number of sulfonamides is 1. The van der Waals surface area contributed by atoms with Gasteiger partial charge in [0.15, 0.2) is 0 Å². The van der Waals surface area contributed by atoms with Gasteiger partial charge in [-0.2, -0.15) is 4.31 Å². The number of aromatic nitrogens is 1. The van der Waals surface area contributed by atoms with E-state index < -0.39 is 16.1 Å². The summed E-state index contributed by atoms with van der Waals surface area (Å²) in [6.45, 7) is 0.433. The van der Waals surface area contributed by atoms with Crippen LogP contribution in [0, 0.1) is 0 Å². The first-order valence-electron chi connectivity index (χ1n) is 4.79. The van der Waals surface area contributed by atoms with Crippen LogP contribution in [-0.2, 0) is 10.0 Å². The lowest BCUT2D eigenvalue weighted by atomic mass is 10.3. The number of nitrogens with zero attached hydrogens (tertiary/aromatic N) is 2. The second kappa shape index (κ2) is 4.29. The van der Waals surface area contributed by atoms with Crippen LogP contribution in [-0.4, -0.2) is 42.0 Å². The van der Waals surface area contributed by atoms with Crippen LogP contribution >= 0.6 is 11.6 Å². The molecule has 0 unspecified atom stereocenters. The lowest BCUT2D eigenvalue weighted by Gasteiger charge is -2.15. The van der Waals surface area contributed by atoms with Crippen LogP contribution in [0.5, 0.6) is 0 Å². The first-order chi connectivity index (χ1) is 7.51. The monoisotopic (exact) mass is 262 g/mol. The lowest BCUT2D eigenvalue weighted by molar-refractivity contribution is 0.189. The molecule has 2 rings (SSSR count). The van der Waals surface area contributed by atoms with Crippen molar-refractivity contribution in [1.82, 2.24) is 9.29 Å². The summed E-state index contributed by atoms with van der Waals surface area (Å²) < 4.78 is 25.4. The molecule has 1 aromatic rings. The smallest absolute Gasteiger partial charge is 0.246 e. The predicted molar refractivity (Wildman–Crippen MR) is 58.6 cm³/mol. The maximum absolute atomic E-state index is 12.1. The van der Waals surface area contributed by atoms with Crippen molar-refractivity contribution in [1.29, 1.82) is 0 Å². The number of hydrogen-bond acceptors (Lipinski definition) is 4. The van der Waals surface area contributed by atoms with Gasteiger partial charge in [-0.25, -0.2) is 8.42 Å². The van der Waals surface area contributed by atoms with Crippen molar-refractivity contribution in [3.8, 4) is 0 Å². The Hall–Kier alpha value is -0.690. The van der Waals surface area contributed by atoms with Crippen molar-refractivity contribution in [2.24, 2.45) is 0 Å². The quantitative estimate of drug-likeness (QED) is 0.842.